The molecule has 0 bridgehead atoms. The van der Waals surface area contributed by atoms with Crippen LogP contribution >= 0.6 is 0 Å². The van der Waals surface area contributed by atoms with Crippen LogP contribution in [0.4, 0.5) is 0 Å². The van der Waals surface area contributed by atoms with Gasteiger partial charge in [-0.1, -0.05) is 110 Å². The molecule has 3 aromatic carbocycles. The van der Waals surface area contributed by atoms with Gasteiger partial charge in [0.25, 0.3) is 0 Å². The molecule has 0 amide bonds. The van der Waals surface area contributed by atoms with Crippen LogP contribution in [0, 0.1) is 12.8 Å². The lowest BCUT2D eigenvalue weighted by Crippen LogP contribution is -2.38. The minimum atomic E-state index is -1.03. The highest BCUT2D eigenvalue weighted by Gasteiger charge is 2.42. The van der Waals surface area contributed by atoms with Crippen LogP contribution in [-0.4, -0.2) is 24.8 Å². The molecular formula is C39H37N3O2. The number of ketones is 1. The van der Waals surface area contributed by atoms with Crippen LogP contribution in [0.1, 0.15) is 75.6 Å². The fraction of sp³-hybridized carbons (Fsp3) is 0.231. The van der Waals surface area contributed by atoms with Crippen molar-refractivity contribution >= 4 is 11.3 Å². The maximum Gasteiger partial charge on any atom is 0.185 e. The van der Waals surface area contributed by atoms with E-state index in [4.69, 9.17) is 4.98 Å². The minimum Gasteiger partial charge on any atom is -0.386 e. The van der Waals surface area contributed by atoms with Gasteiger partial charge in [-0.15, -0.1) is 0 Å². The van der Waals surface area contributed by atoms with Crippen LogP contribution in [-0.2, 0) is 18.4 Å². The van der Waals surface area contributed by atoms with Crippen LogP contribution in [0.2, 0.25) is 0 Å². The monoisotopic (exact) mass is 579 g/mol. The summed E-state index contributed by atoms with van der Waals surface area (Å²) < 4.78 is 4.22. The molecule has 0 aliphatic heterocycles. The van der Waals surface area contributed by atoms with Crippen LogP contribution in [0.15, 0.2) is 122 Å². The normalized spacial score (nSPS) is 15.8. The summed E-state index contributed by atoms with van der Waals surface area (Å²) in [4.78, 5) is 19.1. The van der Waals surface area contributed by atoms with Crippen LogP contribution in [0.5, 0.6) is 0 Å². The Balaban J connectivity index is 1.36. The molecule has 44 heavy (non-hydrogen) atoms. The highest BCUT2D eigenvalue weighted by Crippen LogP contribution is 2.44. The zero-order valence-electron chi connectivity index (χ0n) is 25.2. The summed E-state index contributed by atoms with van der Waals surface area (Å²) in [5.74, 6) is -0.575. The van der Waals surface area contributed by atoms with E-state index in [0.29, 0.717) is 12.1 Å². The van der Waals surface area contributed by atoms with Gasteiger partial charge < -0.3 is 14.1 Å². The smallest absolute Gasteiger partial charge is 0.185 e. The molecule has 0 saturated heterocycles. The lowest BCUT2D eigenvalue weighted by atomic mass is 9.76. The highest BCUT2D eigenvalue weighted by molar-refractivity contribution is 6.01. The molecule has 1 aliphatic rings. The van der Waals surface area contributed by atoms with E-state index in [9.17, 15) is 9.90 Å². The zero-order chi connectivity index (χ0) is 30.3. The van der Waals surface area contributed by atoms with Crippen molar-refractivity contribution in [1.29, 1.82) is 0 Å². The summed E-state index contributed by atoms with van der Waals surface area (Å²) in [5.41, 5.74) is 8.13. The standard InChI is InChI=1S/C39H37N3O2/c1-3-15-31-32-23-24-33(38(44)36(32)41-25-14-13-22-34(31)41)37(43)35-27(2)42(26-40-35)39(28-16-7-4-8-17-28,29-18-9-5-10-19-29)30-20-11-6-12-21-30/h4-14,16-22,25-26,33,37,43H,3,15,23-24H2,1-2H3. The molecule has 2 unspecified atom stereocenters. The minimum absolute atomic E-state index is 0.00306. The van der Waals surface area contributed by atoms with Gasteiger partial charge in [0.1, 0.15) is 11.6 Å². The van der Waals surface area contributed by atoms with Gasteiger partial charge in [-0.3, -0.25) is 4.79 Å². The van der Waals surface area contributed by atoms with Crippen LogP contribution in [0.3, 0.4) is 0 Å². The first-order valence-electron chi connectivity index (χ1n) is 15.6. The van der Waals surface area contributed by atoms with Crippen molar-refractivity contribution in [1.82, 2.24) is 14.0 Å². The fourth-order valence-electron chi connectivity index (χ4n) is 7.50. The van der Waals surface area contributed by atoms with Crippen molar-refractivity contribution in [3.05, 3.63) is 167 Å². The number of aliphatic hydroxyl groups is 1. The summed E-state index contributed by atoms with van der Waals surface area (Å²) >= 11 is 0. The summed E-state index contributed by atoms with van der Waals surface area (Å²) in [6, 6.07) is 37.4. The molecule has 2 atom stereocenters. The number of Topliss-reactive ketones (excluding diaryl/α,β-unsaturated/α-hetero) is 1. The van der Waals surface area contributed by atoms with Gasteiger partial charge in [0, 0.05) is 17.4 Å². The largest absolute Gasteiger partial charge is 0.386 e. The van der Waals surface area contributed by atoms with E-state index < -0.39 is 17.6 Å². The molecule has 1 N–H and O–H groups in total. The first kappa shape index (κ1) is 28.1. The van der Waals surface area contributed by atoms with Gasteiger partial charge in [0.2, 0.25) is 0 Å². The molecule has 5 heteroatoms. The summed E-state index contributed by atoms with van der Waals surface area (Å²) in [5, 5.41) is 12.0. The SMILES string of the molecule is CCCc1c2c(n3ccccc13)C(=O)C(C(O)c1ncn(C(c3ccccc3)(c3ccccc3)c3ccccc3)c1C)CC2. The Hall–Kier alpha value is -4.74. The van der Waals surface area contributed by atoms with Gasteiger partial charge in [0.15, 0.2) is 5.78 Å². The molecule has 0 saturated carbocycles. The van der Waals surface area contributed by atoms with E-state index in [2.05, 4.69) is 90.4 Å². The number of aryl methyl sites for hydroxylation is 1. The Bertz CT molecular complexity index is 1830. The molecule has 220 valence electrons. The van der Waals surface area contributed by atoms with Gasteiger partial charge in [-0.25, -0.2) is 4.98 Å². The Kier molecular flexibility index (Phi) is 7.27. The van der Waals surface area contributed by atoms with E-state index in [1.165, 1.54) is 5.56 Å². The Morgan fingerprint density at radius 3 is 2.00 bits per heavy atom. The Morgan fingerprint density at radius 1 is 0.864 bits per heavy atom. The number of rotatable bonds is 8. The summed E-state index contributed by atoms with van der Waals surface area (Å²) in [7, 11) is 0. The van der Waals surface area contributed by atoms with Crippen molar-refractivity contribution in [2.45, 2.75) is 51.2 Å². The van der Waals surface area contributed by atoms with Gasteiger partial charge in [-0.05, 0) is 66.1 Å². The number of aliphatic hydroxyl groups excluding tert-OH is 1. The second-order valence-electron chi connectivity index (χ2n) is 11.9. The average Bonchev–Trinajstić information content (AvgIpc) is 3.61. The number of pyridine rings is 1. The molecular weight excluding hydrogens is 542 g/mol. The number of carbonyl (C=O) groups excluding carboxylic acids is 1. The maximum atomic E-state index is 14.2. The number of benzene rings is 3. The average molecular weight is 580 g/mol. The van der Waals surface area contributed by atoms with E-state index in [1.807, 2.05) is 54.2 Å². The number of hydrogen-bond acceptors (Lipinski definition) is 3. The Morgan fingerprint density at radius 2 is 1.43 bits per heavy atom. The molecule has 6 aromatic rings. The predicted octanol–water partition coefficient (Wildman–Crippen LogP) is 7.72. The van der Waals surface area contributed by atoms with Gasteiger partial charge in [0.05, 0.1) is 23.6 Å². The number of carbonyl (C=O) groups is 1. The zero-order valence-corrected chi connectivity index (χ0v) is 25.2. The quantitative estimate of drug-likeness (QED) is 0.188. The second kappa shape index (κ2) is 11.4. The molecule has 5 nitrogen and oxygen atoms in total. The Labute approximate surface area is 258 Å². The number of nitrogens with zero attached hydrogens (tertiary/aromatic N) is 3. The number of imidazole rings is 1. The van der Waals surface area contributed by atoms with E-state index >= 15 is 0 Å². The third-order valence-corrected chi connectivity index (χ3v) is 9.48. The molecule has 7 rings (SSSR count). The third-order valence-electron chi connectivity index (χ3n) is 9.48. The van der Waals surface area contributed by atoms with Crippen molar-refractivity contribution < 1.29 is 9.90 Å². The number of hydrogen-bond donors (Lipinski definition) is 1. The molecule has 1 aliphatic carbocycles. The van der Waals surface area contributed by atoms with Crippen LogP contribution in [0.25, 0.3) is 5.52 Å². The van der Waals surface area contributed by atoms with E-state index in [-0.39, 0.29) is 5.78 Å². The maximum absolute atomic E-state index is 14.2. The highest BCUT2D eigenvalue weighted by atomic mass is 16.3. The topological polar surface area (TPSA) is 59.5 Å². The summed E-state index contributed by atoms with van der Waals surface area (Å²) in [6.07, 6.45) is 6.10. The lowest BCUT2D eigenvalue weighted by Gasteiger charge is -2.38. The first-order valence-corrected chi connectivity index (χ1v) is 15.6. The molecule has 0 fully saturated rings. The summed E-state index contributed by atoms with van der Waals surface area (Å²) in [6.45, 7) is 4.19. The van der Waals surface area contributed by atoms with Gasteiger partial charge in [-0.2, -0.15) is 0 Å². The van der Waals surface area contributed by atoms with Crippen molar-refractivity contribution in [3.8, 4) is 0 Å². The first-order chi connectivity index (χ1) is 21.6. The molecule has 0 radical (unpaired) electrons. The lowest BCUT2D eigenvalue weighted by molar-refractivity contribution is 0.0617. The predicted molar refractivity (Wildman–Crippen MR) is 174 cm³/mol. The number of fused-ring (bicyclic) bond motifs is 3. The fourth-order valence-corrected chi connectivity index (χ4v) is 7.50. The van der Waals surface area contributed by atoms with E-state index in [1.54, 1.807) is 0 Å². The third kappa shape index (κ3) is 4.26. The van der Waals surface area contributed by atoms with Crippen LogP contribution < -0.4 is 0 Å². The second-order valence-corrected chi connectivity index (χ2v) is 11.9. The molecule has 3 aromatic heterocycles. The van der Waals surface area contributed by atoms with Crippen molar-refractivity contribution in [3.63, 3.8) is 0 Å². The van der Waals surface area contributed by atoms with Crippen molar-refractivity contribution in [2.24, 2.45) is 5.92 Å². The molecule has 3 heterocycles. The number of aromatic nitrogens is 3. The van der Waals surface area contributed by atoms with Gasteiger partial charge >= 0.3 is 0 Å². The van der Waals surface area contributed by atoms with E-state index in [0.717, 1.165) is 58.4 Å². The molecule has 0 spiro atoms. The van der Waals surface area contributed by atoms with Crippen molar-refractivity contribution in [2.75, 3.05) is 0 Å².